The number of aryl methyl sites for hydroxylation is 3. The van der Waals surface area contributed by atoms with Gasteiger partial charge in [-0.2, -0.15) is 0 Å². The van der Waals surface area contributed by atoms with Gasteiger partial charge < -0.3 is 14.5 Å². The molecule has 0 radical (unpaired) electrons. The number of aliphatic carboxylic acids is 1. The van der Waals surface area contributed by atoms with Crippen LogP contribution >= 0.6 is 0 Å². The van der Waals surface area contributed by atoms with Crippen LogP contribution in [0.1, 0.15) is 24.2 Å². The van der Waals surface area contributed by atoms with Gasteiger partial charge in [0.2, 0.25) is 0 Å². The van der Waals surface area contributed by atoms with Gasteiger partial charge in [0.1, 0.15) is 5.82 Å². The first-order valence-corrected chi connectivity index (χ1v) is 5.72. The predicted molar refractivity (Wildman–Crippen MR) is 63.4 cm³/mol. The van der Waals surface area contributed by atoms with Gasteiger partial charge >= 0.3 is 29.6 Å². The Morgan fingerprint density at radius 1 is 1.39 bits per heavy atom. The minimum Gasteiger partial charge on any atom is -0.550 e. The van der Waals surface area contributed by atoms with Crippen molar-refractivity contribution in [2.75, 3.05) is 0 Å². The van der Waals surface area contributed by atoms with Crippen molar-refractivity contribution in [3.63, 3.8) is 0 Å². The zero-order valence-electron chi connectivity index (χ0n) is 11.1. The van der Waals surface area contributed by atoms with Crippen LogP contribution < -0.4 is 34.7 Å². The van der Waals surface area contributed by atoms with Crippen molar-refractivity contribution < 1.29 is 39.5 Å². The van der Waals surface area contributed by atoms with Crippen LogP contribution in [0.2, 0.25) is 0 Å². The SMILES string of the molecule is Cc1cccc2c1nc(C)n2CCCC(=O)[O-].[Na+]. The van der Waals surface area contributed by atoms with E-state index in [9.17, 15) is 9.90 Å². The molecule has 0 spiro atoms. The molecular weight excluding hydrogens is 239 g/mol. The second-order valence-electron chi connectivity index (χ2n) is 4.23. The number of para-hydroxylation sites is 1. The molecule has 0 unspecified atom stereocenters. The van der Waals surface area contributed by atoms with E-state index in [0.29, 0.717) is 13.0 Å². The Balaban J connectivity index is 0.00000162. The first-order chi connectivity index (χ1) is 8.09. The summed E-state index contributed by atoms with van der Waals surface area (Å²) in [6, 6.07) is 6.04. The van der Waals surface area contributed by atoms with Gasteiger partial charge in [0.25, 0.3) is 0 Å². The fraction of sp³-hybridized carbons (Fsp3) is 0.385. The van der Waals surface area contributed by atoms with Gasteiger partial charge in [0.05, 0.1) is 11.0 Å². The van der Waals surface area contributed by atoms with Gasteiger partial charge in [-0.05, 0) is 38.3 Å². The largest absolute Gasteiger partial charge is 1.00 e. The number of rotatable bonds is 4. The number of carboxylic acid groups (broad SMARTS) is 1. The molecule has 5 heteroatoms. The average molecular weight is 254 g/mol. The Morgan fingerprint density at radius 3 is 2.78 bits per heavy atom. The second-order valence-corrected chi connectivity index (χ2v) is 4.23. The number of hydrogen-bond donors (Lipinski definition) is 0. The number of carboxylic acids is 1. The van der Waals surface area contributed by atoms with E-state index in [-0.39, 0.29) is 36.0 Å². The Morgan fingerprint density at radius 2 is 2.11 bits per heavy atom. The van der Waals surface area contributed by atoms with Crippen LogP contribution in [0.3, 0.4) is 0 Å². The summed E-state index contributed by atoms with van der Waals surface area (Å²) in [5.41, 5.74) is 3.21. The van der Waals surface area contributed by atoms with Crippen molar-refractivity contribution >= 4 is 17.0 Å². The summed E-state index contributed by atoms with van der Waals surface area (Å²) >= 11 is 0. The van der Waals surface area contributed by atoms with Crippen LogP contribution in [0.15, 0.2) is 18.2 Å². The van der Waals surface area contributed by atoms with Crippen LogP contribution in [-0.2, 0) is 11.3 Å². The van der Waals surface area contributed by atoms with E-state index >= 15 is 0 Å². The number of imidazole rings is 1. The standard InChI is InChI=1S/C13H16N2O2.Na/c1-9-5-3-6-11-13(9)14-10(2)15(11)8-4-7-12(16)17;/h3,5-6H,4,7-8H2,1-2H3,(H,16,17);/q;+1/p-1. The number of carbonyl (C=O) groups excluding carboxylic acids is 1. The van der Waals surface area contributed by atoms with Gasteiger partial charge in [0.15, 0.2) is 0 Å². The zero-order chi connectivity index (χ0) is 12.4. The van der Waals surface area contributed by atoms with Gasteiger partial charge in [-0.25, -0.2) is 4.98 Å². The molecule has 1 heterocycles. The first kappa shape index (κ1) is 15.2. The molecule has 2 rings (SSSR count). The minimum atomic E-state index is -0.997. The summed E-state index contributed by atoms with van der Waals surface area (Å²) in [4.78, 5) is 14.9. The van der Waals surface area contributed by atoms with E-state index in [1.54, 1.807) is 0 Å². The molecule has 0 N–H and O–H groups in total. The molecular formula is C13H15N2NaO2. The quantitative estimate of drug-likeness (QED) is 0.604. The zero-order valence-corrected chi connectivity index (χ0v) is 13.1. The molecule has 90 valence electrons. The Bertz CT molecular complexity index is 563. The van der Waals surface area contributed by atoms with Gasteiger partial charge in [-0.3, -0.25) is 0 Å². The van der Waals surface area contributed by atoms with Crippen LogP contribution in [0.4, 0.5) is 0 Å². The molecule has 0 atom stereocenters. The topological polar surface area (TPSA) is 58.0 Å². The average Bonchev–Trinajstić information content (AvgIpc) is 2.57. The van der Waals surface area contributed by atoms with Crippen molar-refractivity contribution in [2.24, 2.45) is 0 Å². The molecule has 4 nitrogen and oxygen atoms in total. The van der Waals surface area contributed by atoms with Gasteiger partial charge in [-0.15, -0.1) is 0 Å². The molecule has 0 saturated heterocycles. The normalized spacial score (nSPS) is 10.3. The van der Waals surface area contributed by atoms with Crippen molar-refractivity contribution in [2.45, 2.75) is 33.2 Å². The summed E-state index contributed by atoms with van der Waals surface area (Å²) in [7, 11) is 0. The molecule has 0 aliphatic rings. The van der Waals surface area contributed by atoms with E-state index in [4.69, 9.17) is 0 Å². The van der Waals surface area contributed by atoms with Gasteiger partial charge in [0, 0.05) is 12.5 Å². The van der Waals surface area contributed by atoms with E-state index in [2.05, 4.69) is 9.55 Å². The maximum absolute atomic E-state index is 10.4. The fourth-order valence-corrected chi connectivity index (χ4v) is 2.07. The minimum absolute atomic E-state index is 0. The third-order valence-corrected chi connectivity index (χ3v) is 2.93. The molecule has 2 aromatic rings. The smallest absolute Gasteiger partial charge is 0.550 e. The van der Waals surface area contributed by atoms with Crippen LogP contribution in [-0.4, -0.2) is 15.5 Å². The first-order valence-electron chi connectivity index (χ1n) is 5.72. The number of carbonyl (C=O) groups is 1. The molecule has 1 aromatic heterocycles. The molecule has 1 aromatic carbocycles. The molecule has 0 bridgehead atoms. The van der Waals surface area contributed by atoms with Crippen molar-refractivity contribution in [1.29, 1.82) is 0 Å². The summed E-state index contributed by atoms with van der Waals surface area (Å²) in [6.07, 6.45) is 0.660. The van der Waals surface area contributed by atoms with Crippen LogP contribution in [0, 0.1) is 13.8 Å². The molecule has 0 saturated carbocycles. The summed E-state index contributed by atoms with van der Waals surface area (Å²) < 4.78 is 2.06. The number of nitrogens with zero attached hydrogens (tertiary/aromatic N) is 2. The second kappa shape index (κ2) is 6.36. The summed E-state index contributed by atoms with van der Waals surface area (Å²) in [5, 5.41) is 10.4. The number of benzene rings is 1. The maximum atomic E-state index is 10.4. The summed E-state index contributed by atoms with van der Waals surface area (Å²) in [6.45, 7) is 4.64. The third kappa shape index (κ3) is 3.13. The van der Waals surface area contributed by atoms with Crippen LogP contribution in [0.25, 0.3) is 11.0 Å². The van der Waals surface area contributed by atoms with Crippen molar-refractivity contribution in [3.8, 4) is 0 Å². The fourth-order valence-electron chi connectivity index (χ4n) is 2.07. The van der Waals surface area contributed by atoms with E-state index in [1.165, 1.54) is 0 Å². The Hall–Kier alpha value is -0.840. The molecule has 0 aliphatic heterocycles. The molecule has 18 heavy (non-hydrogen) atoms. The van der Waals surface area contributed by atoms with Crippen molar-refractivity contribution in [1.82, 2.24) is 9.55 Å². The molecule has 0 amide bonds. The van der Waals surface area contributed by atoms with Crippen molar-refractivity contribution in [3.05, 3.63) is 29.6 Å². The van der Waals surface area contributed by atoms with E-state index in [1.807, 2.05) is 32.0 Å². The number of aromatic nitrogens is 2. The van der Waals surface area contributed by atoms with Crippen LogP contribution in [0.5, 0.6) is 0 Å². The Kier molecular flexibility index (Phi) is 5.38. The predicted octanol–water partition coefficient (Wildman–Crippen LogP) is -1.81. The maximum Gasteiger partial charge on any atom is 1.00 e. The number of hydrogen-bond acceptors (Lipinski definition) is 3. The van der Waals surface area contributed by atoms with Gasteiger partial charge in [-0.1, -0.05) is 12.1 Å². The van der Waals surface area contributed by atoms with E-state index < -0.39 is 5.97 Å². The van der Waals surface area contributed by atoms with E-state index in [0.717, 1.165) is 22.4 Å². The monoisotopic (exact) mass is 254 g/mol. The molecule has 0 aliphatic carbocycles. The Labute approximate surface area is 128 Å². The summed E-state index contributed by atoms with van der Waals surface area (Å²) in [5.74, 6) is -0.0732. The molecule has 0 fully saturated rings. The number of fused-ring (bicyclic) bond motifs is 1. The third-order valence-electron chi connectivity index (χ3n) is 2.93.